The lowest BCUT2D eigenvalue weighted by molar-refractivity contribution is -0.119. The van der Waals surface area contributed by atoms with Crippen molar-refractivity contribution in [3.05, 3.63) is 35.4 Å². The van der Waals surface area contributed by atoms with Crippen molar-refractivity contribution < 1.29 is 14.7 Å². The summed E-state index contributed by atoms with van der Waals surface area (Å²) in [6.07, 6.45) is 1.28. The molecule has 1 aromatic rings. The molecule has 1 aromatic carbocycles. The van der Waals surface area contributed by atoms with E-state index in [-0.39, 0.29) is 16.6 Å². The van der Waals surface area contributed by atoms with Crippen molar-refractivity contribution in [1.82, 2.24) is 10.6 Å². The summed E-state index contributed by atoms with van der Waals surface area (Å²) < 4.78 is 0. The van der Waals surface area contributed by atoms with E-state index in [1.54, 1.807) is 12.1 Å². The highest BCUT2D eigenvalue weighted by Crippen LogP contribution is 2.04. The molecule has 0 saturated heterocycles. The van der Waals surface area contributed by atoms with Gasteiger partial charge in [0.2, 0.25) is 5.91 Å². The largest absolute Gasteiger partial charge is 0.478 e. The maximum absolute atomic E-state index is 11.6. The van der Waals surface area contributed by atoms with E-state index in [4.69, 9.17) is 17.3 Å². The van der Waals surface area contributed by atoms with Gasteiger partial charge in [0, 0.05) is 13.0 Å². The van der Waals surface area contributed by atoms with Crippen LogP contribution in [0.25, 0.3) is 0 Å². The van der Waals surface area contributed by atoms with Crippen LogP contribution in [-0.4, -0.2) is 22.1 Å². The van der Waals surface area contributed by atoms with Gasteiger partial charge in [0.1, 0.15) is 0 Å². The van der Waals surface area contributed by atoms with Crippen LogP contribution in [-0.2, 0) is 11.3 Å². The molecular formula is C15H20N2O3S. The first-order valence-corrected chi connectivity index (χ1v) is 7.19. The molecule has 0 unspecified atom stereocenters. The third kappa shape index (κ3) is 6.85. The first-order chi connectivity index (χ1) is 9.88. The van der Waals surface area contributed by atoms with Crippen LogP contribution in [0.3, 0.4) is 0 Å². The topological polar surface area (TPSA) is 78.4 Å². The molecule has 0 fully saturated rings. The highest BCUT2D eigenvalue weighted by atomic mass is 32.1. The molecule has 114 valence electrons. The molecule has 5 nitrogen and oxygen atoms in total. The average Bonchev–Trinajstić information content (AvgIpc) is 2.43. The molecule has 6 heteroatoms. The Bertz CT molecular complexity index is 512. The Morgan fingerprint density at radius 2 is 1.86 bits per heavy atom. The molecule has 0 aliphatic heterocycles. The first kappa shape index (κ1) is 17.1. The van der Waals surface area contributed by atoms with Crippen LogP contribution in [0.4, 0.5) is 0 Å². The summed E-state index contributed by atoms with van der Waals surface area (Å²) in [5, 5.41) is 14.6. The number of nitrogens with one attached hydrogen (secondary N) is 2. The number of amides is 1. The van der Waals surface area contributed by atoms with Gasteiger partial charge in [-0.2, -0.15) is 0 Å². The number of thiocarbonyl (C=S) groups is 1. The van der Waals surface area contributed by atoms with Crippen molar-refractivity contribution in [1.29, 1.82) is 0 Å². The monoisotopic (exact) mass is 308 g/mol. The van der Waals surface area contributed by atoms with E-state index in [0.717, 1.165) is 12.0 Å². The fraction of sp³-hybridized carbons (Fsp3) is 0.400. The van der Waals surface area contributed by atoms with Crippen molar-refractivity contribution in [2.24, 2.45) is 5.92 Å². The number of carboxylic acid groups (broad SMARTS) is 1. The zero-order chi connectivity index (χ0) is 15.8. The Morgan fingerprint density at radius 3 is 2.38 bits per heavy atom. The summed E-state index contributed by atoms with van der Waals surface area (Å²) in [4.78, 5) is 22.3. The number of benzene rings is 1. The van der Waals surface area contributed by atoms with Gasteiger partial charge in [0.15, 0.2) is 5.11 Å². The molecule has 0 heterocycles. The molecule has 1 amide bonds. The van der Waals surface area contributed by atoms with E-state index in [1.807, 2.05) is 0 Å². The molecule has 3 N–H and O–H groups in total. The number of hydrogen-bond acceptors (Lipinski definition) is 3. The second kappa shape index (κ2) is 8.36. The van der Waals surface area contributed by atoms with E-state index in [2.05, 4.69) is 24.5 Å². The molecule has 0 saturated carbocycles. The summed E-state index contributed by atoms with van der Waals surface area (Å²) in [5.74, 6) is -0.574. The summed E-state index contributed by atoms with van der Waals surface area (Å²) in [5.41, 5.74) is 1.13. The molecule has 0 aliphatic rings. The van der Waals surface area contributed by atoms with E-state index >= 15 is 0 Å². The first-order valence-electron chi connectivity index (χ1n) is 6.78. The Labute approximate surface area is 129 Å². The van der Waals surface area contributed by atoms with Gasteiger partial charge < -0.3 is 15.7 Å². The smallest absolute Gasteiger partial charge is 0.335 e. The summed E-state index contributed by atoms with van der Waals surface area (Å²) in [6.45, 7) is 4.55. The quantitative estimate of drug-likeness (QED) is 0.703. The standard InChI is InChI=1S/C15H20N2O3S/c1-10(2)3-8-13(18)17-15(21)16-9-11-4-6-12(7-5-11)14(19)20/h4-7,10H,3,8-9H2,1-2H3,(H,19,20)(H2,16,17,18,21). The Hall–Kier alpha value is -1.95. The van der Waals surface area contributed by atoms with Gasteiger partial charge in [0.25, 0.3) is 0 Å². The fourth-order valence-electron chi connectivity index (χ4n) is 1.60. The lowest BCUT2D eigenvalue weighted by atomic mass is 10.1. The molecule has 1 rings (SSSR count). The fourth-order valence-corrected chi connectivity index (χ4v) is 1.79. The Balaban J connectivity index is 2.35. The highest BCUT2D eigenvalue weighted by molar-refractivity contribution is 7.80. The van der Waals surface area contributed by atoms with Gasteiger partial charge in [-0.1, -0.05) is 26.0 Å². The normalized spacial score (nSPS) is 10.2. The van der Waals surface area contributed by atoms with Gasteiger partial charge in [-0.3, -0.25) is 4.79 Å². The number of carboxylic acids is 1. The second-order valence-corrected chi connectivity index (χ2v) is 5.57. The summed E-state index contributed by atoms with van der Waals surface area (Å²) in [7, 11) is 0. The van der Waals surface area contributed by atoms with Crippen molar-refractivity contribution in [2.45, 2.75) is 33.2 Å². The van der Waals surface area contributed by atoms with Gasteiger partial charge in [-0.25, -0.2) is 4.79 Å². The molecule has 0 bridgehead atoms. The number of carbonyl (C=O) groups excluding carboxylic acids is 1. The predicted molar refractivity (Wildman–Crippen MR) is 85.1 cm³/mol. The minimum atomic E-state index is -0.956. The van der Waals surface area contributed by atoms with Crippen LogP contribution in [0.1, 0.15) is 42.6 Å². The van der Waals surface area contributed by atoms with Crippen LogP contribution in [0.2, 0.25) is 0 Å². The van der Waals surface area contributed by atoms with Crippen LogP contribution in [0, 0.1) is 5.92 Å². The van der Waals surface area contributed by atoms with Crippen LogP contribution < -0.4 is 10.6 Å². The second-order valence-electron chi connectivity index (χ2n) is 5.17. The van der Waals surface area contributed by atoms with Crippen LogP contribution in [0.5, 0.6) is 0 Å². The lowest BCUT2D eigenvalue weighted by Gasteiger charge is -2.10. The Kier molecular flexibility index (Phi) is 6.81. The lowest BCUT2D eigenvalue weighted by Crippen LogP contribution is -2.38. The number of rotatable bonds is 6. The maximum Gasteiger partial charge on any atom is 0.335 e. The predicted octanol–water partition coefficient (Wildman–Crippen LogP) is 2.31. The van der Waals surface area contributed by atoms with Gasteiger partial charge in [-0.15, -0.1) is 0 Å². The van der Waals surface area contributed by atoms with Crippen LogP contribution in [0.15, 0.2) is 24.3 Å². The molecule has 0 aromatic heterocycles. The Morgan fingerprint density at radius 1 is 1.24 bits per heavy atom. The van der Waals surface area contributed by atoms with Crippen molar-refractivity contribution in [3.63, 3.8) is 0 Å². The van der Waals surface area contributed by atoms with Crippen molar-refractivity contribution in [2.75, 3.05) is 0 Å². The number of carbonyl (C=O) groups is 2. The minimum Gasteiger partial charge on any atom is -0.478 e. The third-order valence-electron chi connectivity index (χ3n) is 2.86. The summed E-state index contributed by atoms with van der Waals surface area (Å²) >= 11 is 5.04. The van der Waals surface area contributed by atoms with Gasteiger partial charge in [0.05, 0.1) is 5.56 Å². The SMILES string of the molecule is CC(C)CCC(=O)NC(=S)NCc1ccc(C(=O)O)cc1. The maximum atomic E-state index is 11.6. The third-order valence-corrected chi connectivity index (χ3v) is 3.10. The molecule has 0 spiro atoms. The zero-order valence-corrected chi connectivity index (χ0v) is 13.0. The van der Waals surface area contributed by atoms with E-state index in [0.29, 0.717) is 18.9 Å². The highest BCUT2D eigenvalue weighted by Gasteiger charge is 2.06. The van der Waals surface area contributed by atoms with E-state index in [9.17, 15) is 9.59 Å². The summed E-state index contributed by atoms with van der Waals surface area (Å²) in [6, 6.07) is 6.48. The van der Waals surface area contributed by atoms with Gasteiger partial charge >= 0.3 is 5.97 Å². The molecule has 21 heavy (non-hydrogen) atoms. The number of aromatic carboxylic acids is 1. The molecule has 0 atom stereocenters. The zero-order valence-electron chi connectivity index (χ0n) is 12.2. The van der Waals surface area contributed by atoms with Crippen molar-refractivity contribution >= 4 is 29.2 Å². The number of hydrogen-bond donors (Lipinski definition) is 3. The molecule has 0 aliphatic carbocycles. The average molecular weight is 308 g/mol. The van der Waals surface area contributed by atoms with Gasteiger partial charge in [-0.05, 0) is 42.3 Å². The van der Waals surface area contributed by atoms with Crippen molar-refractivity contribution in [3.8, 4) is 0 Å². The van der Waals surface area contributed by atoms with E-state index in [1.165, 1.54) is 12.1 Å². The van der Waals surface area contributed by atoms with E-state index < -0.39 is 5.97 Å². The molecular weight excluding hydrogens is 288 g/mol. The van der Waals surface area contributed by atoms with Crippen LogP contribution >= 0.6 is 12.2 Å². The minimum absolute atomic E-state index is 0.0950. The molecule has 0 radical (unpaired) electrons.